The Kier molecular flexibility index (Phi) is 6.69. The van der Waals surface area contributed by atoms with E-state index in [0.717, 1.165) is 18.7 Å². The van der Waals surface area contributed by atoms with Crippen LogP contribution in [-0.4, -0.2) is 74.0 Å². The summed E-state index contributed by atoms with van der Waals surface area (Å²) in [5.41, 5.74) is 0.925. The molecule has 2 saturated heterocycles. The van der Waals surface area contributed by atoms with E-state index in [1.54, 1.807) is 0 Å². The molecule has 0 radical (unpaired) electrons. The third-order valence-corrected chi connectivity index (χ3v) is 7.41. The summed E-state index contributed by atoms with van der Waals surface area (Å²) in [5, 5.41) is 1.33. The number of halogens is 2. The number of hydrogen-bond acceptors (Lipinski definition) is 4. The summed E-state index contributed by atoms with van der Waals surface area (Å²) in [7, 11) is -3.16. The minimum absolute atomic E-state index is 0.0763. The fourth-order valence-electron chi connectivity index (χ4n) is 3.73. The van der Waals surface area contributed by atoms with Crippen LogP contribution in [-0.2, 0) is 21.4 Å². The van der Waals surface area contributed by atoms with Crippen LogP contribution < -0.4 is 0 Å². The van der Waals surface area contributed by atoms with Crippen LogP contribution in [0.2, 0.25) is 10.0 Å². The number of sulfonamides is 1. The lowest BCUT2D eigenvalue weighted by Crippen LogP contribution is -2.51. The lowest BCUT2D eigenvalue weighted by molar-refractivity contribution is -0.138. The molecule has 0 N–H and O–H groups in total. The first-order chi connectivity index (χ1) is 12.8. The van der Waals surface area contributed by atoms with Gasteiger partial charge in [-0.15, -0.1) is 0 Å². The summed E-state index contributed by atoms with van der Waals surface area (Å²) in [5.74, 6) is 0.0751. The summed E-state index contributed by atoms with van der Waals surface area (Å²) < 4.78 is 24.7. The van der Waals surface area contributed by atoms with Crippen LogP contribution in [0.3, 0.4) is 0 Å². The van der Waals surface area contributed by atoms with Crippen molar-refractivity contribution in [1.82, 2.24) is 14.1 Å². The summed E-state index contributed by atoms with van der Waals surface area (Å²) in [6.07, 6.45) is 2.42. The average molecular weight is 434 g/mol. The number of amides is 1. The van der Waals surface area contributed by atoms with Crippen LogP contribution in [0.5, 0.6) is 0 Å². The standard InChI is InChI=1S/C18H25Cl2N3O3S/c1-27(25,26)23-7-5-14(6-8-23)18(24)22-11-9-21(10-12-22)13-15-16(19)3-2-4-17(15)20/h2-4,14H,5-13H2,1H3. The second-order valence-electron chi connectivity index (χ2n) is 7.24. The molecule has 1 aromatic carbocycles. The van der Waals surface area contributed by atoms with E-state index in [-0.39, 0.29) is 11.8 Å². The third kappa shape index (κ3) is 5.15. The minimum Gasteiger partial charge on any atom is -0.340 e. The highest BCUT2D eigenvalue weighted by molar-refractivity contribution is 7.88. The normalized spacial score (nSPS) is 20.8. The molecule has 27 heavy (non-hydrogen) atoms. The maximum atomic E-state index is 12.8. The van der Waals surface area contributed by atoms with Gasteiger partial charge in [0.15, 0.2) is 0 Å². The van der Waals surface area contributed by atoms with Crippen LogP contribution in [0, 0.1) is 5.92 Å². The maximum Gasteiger partial charge on any atom is 0.225 e. The zero-order chi connectivity index (χ0) is 19.6. The van der Waals surface area contributed by atoms with Gasteiger partial charge in [0.2, 0.25) is 15.9 Å². The number of nitrogens with zero attached hydrogens (tertiary/aromatic N) is 3. The predicted octanol–water partition coefficient (Wildman–Crippen LogP) is 2.31. The molecule has 1 aromatic rings. The highest BCUT2D eigenvalue weighted by Crippen LogP contribution is 2.27. The van der Waals surface area contributed by atoms with Crippen molar-refractivity contribution in [3.05, 3.63) is 33.8 Å². The molecule has 0 aromatic heterocycles. The van der Waals surface area contributed by atoms with Crippen molar-refractivity contribution >= 4 is 39.1 Å². The van der Waals surface area contributed by atoms with Gasteiger partial charge in [0.1, 0.15) is 0 Å². The largest absolute Gasteiger partial charge is 0.340 e. The first-order valence-electron chi connectivity index (χ1n) is 9.15. The van der Waals surface area contributed by atoms with E-state index in [4.69, 9.17) is 23.2 Å². The minimum atomic E-state index is -3.16. The van der Waals surface area contributed by atoms with Crippen molar-refractivity contribution in [1.29, 1.82) is 0 Å². The van der Waals surface area contributed by atoms with Gasteiger partial charge < -0.3 is 4.90 Å². The third-order valence-electron chi connectivity index (χ3n) is 5.40. The quantitative estimate of drug-likeness (QED) is 0.730. The Morgan fingerprint density at radius 1 is 1.04 bits per heavy atom. The van der Waals surface area contributed by atoms with Crippen LogP contribution in [0.4, 0.5) is 0 Å². The fourth-order valence-corrected chi connectivity index (χ4v) is 5.12. The highest BCUT2D eigenvalue weighted by atomic mass is 35.5. The number of hydrogen-bond donors (Lipinski definition) is 0. The molecule has 2 aliphatic rings. The topological polar surface area (TPSA) is 60.9 Å². The van der Waals surface area contributed by atoms with Gasteiger partial charge in [0.05, 0.1) is 6.26 Å². The number of piperidine rings is 1. The lowest BCUT2D eigenvalue weighted by atomic mass is 9.96. The Morgan fingerprint density at radius 2 is 1.59 bits per heavy atom. The highest BCUT2D eigenvalue weighted by Gasteiger charge is 2.32. The second kappa shape index (κ2) is 8.66. The van der Waals surface area contributed by atoms with Gasteiger partial charge in [-0.1, -0.05) is 29.3 Å². The van der Waals surface area contributed by atoms with Crippen molar-refractivity contribution < 1.29 is 13.2 Å². The van der Waals surface area contributed by atoms with Gasteiger partial charge in [-0.25, -0.2) is 12.7 Å². The smallest absolute Gasteiger partial charge is 0.225 e. The number of piperazine rings is 1. The van der Waals surface area contributed by atoms with E-state index in [0.29, 0.717) is 55.6 Å². The molecule has 0 spiro atoms. The molecule has 2 fully saturated rings. The van der Waals surface area contributed by atoms with Crippen molar-refractivity contribution in [2.24, 2.45) is 5.92 Å². The fraction of sp³-hybridized carbons (Fsp3) is 0.611. The van der Waals surface area contributed by atoms with Crippen LogP contribution >= 0.6 is 23.2 Å². The van der Waals surface area contributed by atoms with Gasteiger partial charge in [-0.05, 0) is 25.0 Å². The number of benzene rings is 1. The first kappa shape index (κ1) is 20.9. The predicted molar refractivity (Wildman–Crippen MR) is 107 cm³/mol. The van der Waals surface area contributed by atoms with E-state index >= 15 is 0 Å². The van der Waals surface area contributed by atoms with Gasteiger partial charge in [-0.2, -0.15) is 0 Å². The van der Waals surface area contributed by atoms with Crippen molar-refractivity contribution in [3.63, 3.8) is 0 Å². The Balaban J connectivity index is 1.50. The molecule has 2 heterocycles. The Morgan fingerprint density at radius 3 is 2.11 bits per heavy atom. The van der Waals surface area contributed by atoms with Crippen molar-refractivity contribution in [2.45, 2.75) is 19.4 Å². The molecule has 3 rings (SSSR count). The van der Waals surface area contributed by atoms with Crippen LogP contribution in [0.15, 0.2) is 18.2 Å². The van der Waals surface area contributed by atoms with Gasteiger partial charge >= 0.3 is 0 Å². The molecule has 1 amide bonds. The van der Waals surface area contributed by atoms with Crippen LogP contribution in [0.25, 0.3) is 0 Å². The van der Waals surface area contributed by atoms with Gasteiger partial charge in [-0.3, -0.25) is 9.69 Å². The molecule has 0 unspecified atom stereocenters. The lowest BCUT2D eigenvalue weighted by Gasteiger charge is -2.38. The first-order valence-corrected chi connectivity index (χ1v) is 11.8. The summed E-state index contributed by atoms with van der Waals surface area (Å²) in [4.78, 5) is 16.9. The second-order valence-corrected chi connectivity index (χ2v) is 10.0. The molecule has 0 bridgehead atoms. The van der Waals surface area contributed by atoms with E-state index in [1.165, 1.54) is 10.6 Å². The molecule has 2 aliphatic heterocycles. The Labute approximate surface area is 171 Å². The zero-order valence-corrected chi connectivity index (χ0v) is 17.7. The van der Waals surface area contributed by atoms with E-state index < -0.39 is 10.0 Å². The summed E-state index contributed by atoms with van der Waals surface area (Å²) in [6, 6.07) is 5.51. The molecule has 0 saturated carbocycles. The molecule has 150 valence electrons. The number of carbonyl (C=O) groups excluding carboxylic acids is 1. The molecule has 0 aliphatic carbocycles. The molecule has 0 atom stereocenters. The molecular weight excluding hydrogens is 409 g/mol. The maximum absolute atomic E-state index is 12.8. The number of carbonyl (C=O) groups is 1. The molecule has 9 heteroatoms. The summed E-state index contributed by atoms with van der Waals surface area (Å²) >= 11 is 12.5. The SMILES string of the molecule is CS(=O)(=O)N1CCC(C(=O)N2CCN(Cc3c(Cl)cccc3Cl)CC2)CC1. The summed E-state index contributed by atoms with van der Waals surface area (Å²) in [6.45, 7) is 4.43. The molecule has 6 nitrogen and oxygen atoms in total. The Bertz CT molecular complexity index is 767. The number of rotatable bonds is 4. The monoisotopic (exact) mass is 433 g/mol. The van der Waals surface area contributed by atoms with E-state index in [1.807, 2.05) is 23.1 Å². The van der Waals surface area contributed by atoms with Crippen molar-refractivity contribution in [2.75, 3.05) is 45.5 Å². The molecular formula is C18H25Cl2N3O3S. The van der Waals surface area contributed by atoms with Crippen LogP contribution in [0.1, 0.15) is 18.4 Å². The van der Waals surface area contributed by atoms with E-state index in [2.05, 4.69) is 4.90 Å². The van der Waals surface area contributed by atoms with Gasteiger partial charge in [0.25, 0.3) is 0 Å². The zero-order valence-electron chi connectivity index (χ0n) is 15.4. The average Bonchev–Trinajstić information content (AvgIpc) is 2.64. The van der Waals surface area contributed by atoms with Crippen molar-refractivity contribution in [3.8, 4) is 0 Å². The van der Waals surface area contributed by atoms with E-state index in [9.17, 15) is 13.2 Å². The van der Waals surface area contributed by atoms with Gasteiger partial charge in [0, 0.05) is 67.3 Å². The Hall–Kier alpha value is -0.860.